The molecule has 0 amide bonds. The van der Waals surface area contributed by atoms with Crippen molar-refractivity contribution in [2.24, 2.45) is 0 Å². The molecule has 1 N–H and O–H groups in total. The Morgan fingerprint density at radius 1 is 1.29 bits per heavy atom. The van der Waals surface area contributed by atoms with Crippen LogP contribution in [0.4, 0.5) is 0 Å². The number of thiophene rings is 1. The number of rotatable bonds is 4. The van der Waals surface area contributed by atoms with Gasteiger partial charge in [0.15, 0.2) is 0 Å². The van der Waals surface area contributed by atoms with E-state index in [2.05, 4.69) is 0 Å². The molecule has 0 radical (unpaired) electrons. The second kappa shape index (κ2) is 5.58. The largest absolute Gasteiger partial charge is 0.478 e. The highest BCUT2D eigenvalue weighted by Crippen LogP contribution is 2.32. The standard InChI is InChI=1S/C12H9ClO2S2/c13-10-5-6-11(17-10)16-7-8-3-1-2-4-9(8)12(14)15/h1-6H,7H2,(H,14,15). The van der Waals surface area contributed by atoms with Gasteiger partial charge in [0, 0.05) is 5.75 Å². The first-order valence-corrected chi connectivity index (χ1v) is 7.04. The van der Waals surface area contributed by atoms with Crippen LogP contribution in [-0.2, 0) is 5.75 Å². The molecular weight excluding hydrogens is 276 g/mol. The molecule has 0 atom stereocenters. The van der Waals surface area contributed by atoms with Gasteiger partial charge in [0.05, 0.1) is 14.1 Å². The number of carboxylic acids is 1. The summed E-state index contributed by atoms with van der Waals surface area (Å²) in [5.41, 5.74) is 1.19. The van der Waals surface area contributed by atoms with Gasteiger partial charge < -0.3 is 5.11 Å². The van der Waals surface area contributed by atoms with Gasteiger partial charge in [0.2, 0.25) is 0 Å². The van der Waals surface area contributed by atoms with Gasteiger partial charge >= 0.3 is 5.97 Å². The number of hydrogen-bond acceptors (Lipinski definition) is 3. The molecule has 0 saturated heterocycles. The Balaban J connectivity index is 2.11. The quantitative estimate of drug-likeness (QED) is 0.846. The van der Waals surface area contributed by atoms with E-state index < -0.39 is 5.97 Å². The number of carboxylic acid groups (broad SMARTS) is 1. The number of hydrogen-bond donors (Lipinski definition) is 1. The Labute approximate surface area is 112 Å². The van der Waals surface area contributed by atoms with Gasteiger partial charge in [-0.15, -0.1) is 23.1 Å². The van der Waals surface area contributed by atoms with Gasteiger partial charge in [-0.25, -0.2) is 4.79 Å². The van der Waals surface area contributed by atoms with Crippen molar-refractivity contribution in [2.75, 3.05) is 0 Å². The maximum absolute atomic E-state index is 11.0. The van der Waals surface area contributed by atoms with E-state index in [9.17, 15) is 4.79 Å². The van der Waals surface area contributed by atoms with E-state index in [0.29, 0.717) is 11.3 Å². The first-order chi connectivity index (χ1) is 8.16. The van der Waals surface area contributed by atoms with Crippen molar-refractivity contribution in [3.8, 4) is 0 Å². The average Bonchev–Trinajstić information content (AvgIpc) is 2.73. The Morgan fingerprint density at radius 2 is 2.06 bits per heavy atom. The van der Waals surface area contributed by atoms with Gasteiger partial charge in [-0.05, 0) is 23.8 Å². The van der Waals surface area contributed by atoms with Crippen LogP contribution < -0.4 is 0 Å². The molecule has 88 valence electrons. The molecule has 0 fully saturated rings. The summed E-state index contributed by atoms with van der Waals surface area (Å²) in [6.07, 6.45) is 0. The number of carbonyl (C=O) groups is 1. The van der Waals surface area contributed by atoms with E-state index in [-0.39, 0.29) is 0 Å². The number of halogens is 1. The number of benzene rings is 1. The lowest BCUT2D eigenvalue weighted by molar-refractivity contribution is 0.0696. The van der Waals surface area contributed by atoms with E-state index in [0.717, 1.165) is 14.1 Å². The van der Waals surface area contributed by atoms with Crippen molar-refractivity contribution in [2.45, 2.75) is 9.96 Å². The third-order valence-corrected chi connectivity index (χ3v) is 4.67. The van der Waals surface area contributed by atoms with Gasteiger partial charge in [0.1, 0.15) is 0 Å². The fourth-order valence-corrected chi connectivity index (χ4v) is 3.69. The molecule has 17 heavy (non-hydrogen) atoms. The fourth-order valence-electron chi connectivity index (χ4n) is 1.38. The highest BCUT2D eigenvalue weighted by molar-refractivity contribution is 8.00. The van der Waals surface area contributed by atoms with Crippen molar-refractivity contribution in [3.63, 3.8) is 0 Å². The monoisotopic (exact) mass is 284 g/mol. The van der Waals surface area contributed by atoms with Crippen LogP contribution in [0.25, 0.3) is 0 Å². The van der Waals surface area contributed by atoms with E-state index in [1.807, 2.05) is 24.3 Å². The highest BCUT2D eigenvalue weighted by Gasteiger charge is 2.09. The van der Waals surface area contributed by atoms with E-state index >= 15 is 0 Å². The normalized spacial score (nSPS) is 10.4. The summed E-state index contributed by atoms with van der Waals surface area (Å²) in [7, 11) is 0. The summed E-state index contributed by atoms with van der Waals surface area (Å²) in [5.74, 6) is -0.246. The minimum Gasteiger partial charge on any atom is -0.478 e. The first-order valence-electron chi connectivity index (χ1n) is 4.86. The zero-order valence-electron chi connectivity index (χ0n) is 8.72. The predicted octanol–water partition coefficient (Wildman–Crippen LogP) is 4.39. The Kier molecular flexibility index (Phi) is 4.10. The van der Waals surface area contributed by atoms with Crippen LogP contribution in [0.5, 0.6) is 0 Å². The second-order valence-electron chi connectivity index (χ2n) is 3.31. The lowest BCUT2D eigenvalue weighted by Crippen LogP contribution is -2.00. The van der Waals surface area contributed by atoms with Crippen LogP contribution >= 0.6 is 34.7 Å². The predicted molar refractivity (Wildman–Crippen MR) is 72.3 cm³/mol. The average molecular weight is 285 g/mol. The fraction of sp³-hybridized carbons (Fsp3) is 0.0833. The van der Waals surface area contributed by atoms with E-state index in [1.165, 1.54) is 11.3 Å². The summed E-state index contributed by atoms with van der Waals surface area (Å²) < 4.78 is 1.84. The van der Waals surface area contributed by atoms with Crippen LogP contribution in [0.15, 0.2) is 40.6 Å². The third kappa shape index (κ3) is 3.25. The summed E-state index contributed by atoms with van der Waals surface area (Å²) in [5, 5.41) is 9.04. The molecule has 0 aliphatic rings. The van der Waals surface area contributed by atoms with E-state index in [1.54, 1.807) is 23.9 Å². The molecule has 1 aromatic carbocycles. The maximum atomic E-state index is 11.0. The number of thioether (sulfide) groups is 1. The molecule has 0 aliphatic carbocycles. The molecule has 1 heterocycles. The molecule has 2 rings (SSSR count). The van der Waals surface area contributed by atoms with Gasteiger partial charge in [-0.1, -0.05) is 29.8 Å². The summed E-state index contributed by atoms with van der Waals surface area (Å²) >= 11 is 8.93. The Hall–Kier alpha value is -0.970. The summed E-state index contributed by atoms with van der Waals surface area (Å²) in [6.45, 7) is 0. The molecule has 2 aromatic rings. The zero-order valence-corrected chi connectivity index (χ0v) is 11.1. The minimum absolute atomic E-state index is 0.364. The molecule has 0 unspecified atom stereocenters. The topological polar surface area (TPSA) is 37.3 Å². The second-order valence-corrected chi connectivity index (χ2v) is 6.30. The van der Waals surface area contributed by atoms with Gasteiger partial charge in [0.25, 0.3) is 0 Å². The molecule has 0 aliphatic heterocycles. The molecule has 0 spiro atoms. The molecule has 1 aromatic heterocycles. The van der Waals surface area contributed by atoms with Crippen LogP contribution in [0.2, 0.25) is 4.34 Å². The lowest BCUT2D eigenvalue weighted by atomic mass is 10.1. The van der Waals surface area contributed by atoms with Gasteiger partial charge in [-0.3, -0.25) is 0 Å². The van der Waals surface area contributed by atoms with Crippen molar-refractivity contribution in [1.82, 2.24) is 0 Å². The molecule has 0 saturated carbocycles. The van der Waals surface area contributed by atoms with Crippen molar-refractivity contribution in [1.29, 1.82) is 0 Å². The summed E-state index contributed by atoms with van der Waals surface area (Å²) in [4.78, 5) is 11.0. The third-order valence-electron chi connectivity index (χ3n) is 2.17. The summed E-state index contributed by atoms with van der Waals surface area (Å²) in [6, 6.07) is 10.8. The molecule has 5 heteroatoms. The lowest BCUT2D eigenvalue weighted by Gasteiger charge is -2.04. The van der Waals surface area contributed by atoms with E-state index in [4.69, 9.17) is 16.7 Å². The highest BCUT2D eigenvalue weighted by atomic mass is 35.5. The number of aromatic carboxylic acids is 1. The van der Waals surface area contributed by atoms with Crippen LogP contribution in [0, 0.1) is 0 Å². The van der Waals surface area contributed by atoms with Crippen LogP contribution in [0.1, 0.15) is 15.9 Å². The Morgan fingerprint density at radius 3 is 2.71 bits per heavy atom. The smallest absolute Gasteiger partial charge is 0.335 e. The van der Waals surface area contributed by atoms with Crippen LogP contribution in [-0.4, -0.2) is 11.1 Å². The molecule has 0 bridgehead atoms. The van der Waals surface area contributed by atoms with Crippen molar-refractivity contribution >= 4 is 40.7 Å². The van der Waals surface area contributed by atoms with Crippen molar-refractivity contribution in [3.05, 3.63) is 51.9 Å². The maximum Gasteiger partial charge on any atom is 0.335 e. The Bertz CT molecular complexity index is 537. The zero-order chi connectivity index (χ0) is 12.3. The van der Waals surface area contributed by atoms with Crippen LogP contribution in [0.3, 0.4) is 0 Å². The SMILES string of the molecule is O=C(O)c1ccccc1CSc1ccc(Cl)s1. The first kappa shape index (κ1) is 12.5. The van der Waals surface area contributed by atoms with Gasteiger partial charge in [-0.2, -0.15) is 0 Å². The minimum atomic E-state index is -0.884. The molecule has 2 nitrogen and oxygen atoms in total. The molecular formula is C12H9ClO2S2. The van der Waals surface area contributed by atoms with Crippen molar-refractivity contribution < 1.29 is 9.90 Å².